The Hall–Kier alpha value is -2.69. The van der Waals surface area contributed by atoms with Gasteiger partial charge in [0.25, 0.3) is 5.91 Å². The summed E-state index contributed by atoms with van der Waals surface area (Å²) < 4.78 is 13.6. The average molecular weight is 299 g/mol. The SMILES string of the molecule is Cc1ccc(-c2cc(F)ccc2CC(=O)N=C(N)N)c(C)c1. The van der Waals surface area contributed by atoms with Crippen LogP contribution in [0.15, 0.2) is 41.4 Å². The van der Waals surface area contributed by atoms with E-state index in [0.717, 1.165) is 16.7 Å². The number of aryl methyl sites for hydroxylation is 2. The number of aliphatic imine (C=N–C) groups is 1. The van der Waals surface area contributed by atoms with E-state index in [-0.39, 0.29) is 18.2 Å². The largest absolute Gasteiger partial charge is 0.370 e. The molecule has 0 fully saturated rings. The first-order valence-electron chi connectivity index (χ1n) is 6.85. The molecule has 4 nitrogen and oxygen atoms in total. The quantitative estimate of drug-likeness (QED) is 0.674. The number of carbonyl (C=O) groups excluding carboxylic acids is 1. The van der Waals surface area contributed by atoms with Crippen LogP contribution in [-0.4, -0.2) is 11.9 Å². The van der Waals surface area contributed by atoms with Gasteiger partial charge in [-0.15, -0.1) is 0 Å². The highest BCUT2D eigenvalue weighted by molar-refractivity contribution is 5.93. The fraction of sp³-hybridized carbons (Fsp3) is 0.176. The highest BCUT2D eigenvalue weighted by Gasteiger charge is 2.12. The number of hydrogen-bond acceptors (Lipinski definition) is 1. The summed E-state index contributed by atoms with van der Waals surface area (Å²) in [5.74, 6) is -1.09. The van der Waals surface area contributed by atoms with Crippen LogP contribution in [0, 0.1) is 19.7 Å². The van der Waals surface area contributed by atoms with E-state index in [1.165, 1.54) is 12.1 Å². The van der Waals surface area contributed by atoms with Crippen LogP contribution in [0.5, 0.6) is 0 Å². The lowest BCUT2D eigenvalue weighted by atomic mass is 9.93. The number of nitrogens with two attached hydrogens (primary N) is 2. The molecule has 0 spiro atoms. The van der Waals surface area contributed by atoms with Gasteiger partial charge in [0.05, 0.1) is 6.42 Å². The number of amides is 1. The van der Waals surface area contributed by atoms with Gasteiger partial charge in [0.1, 0.15) is 5.82 Å². The van der Waals surface area contributed by atoms with Gasteiger partial charge in [-0.3, -0.25) is 4.79 Å². The highest BCUT2D eigenvalue weighted by atomic mass is 19.1. The van der Waals surface area contributed by atoms with Crippen LogP contribution in [0.25, 0.3) is 11.1 Å². The number of nitrogens with zero attached hydrogens (tertiary/aromatic N) is 1. The molecule has 22 heavy (non-hydrogen) atoms. The third-order valence-corrected chi connectivity index (χ3v) is 3.34. The summed E-state index contributed by atoms with van der Waals surface area (Å²) in [4.78, 5) is 15.3. The number of benzene rings is 2. The van der Waals surface area contributed by atoms with E-state index in [2.05, 4.69) is 4.99 Å². The van der Waals surface area contributed by atoms with Gasteiger partial charge in [-0.25, -0.2) is 4.39 Å². The molecular formula is C17H18FN3O. The zero-order valence-corrected chi connectivity index (χ0v) is 12.6. The molecule has 2 aromatic rings. The lowest BCUT2D eigenvalue weighted by Crippen LogP contribution is -2.24. The van der Waals surface area contributed by atoms with Crippen LogP contribution >= 0.6 is 0 Å². The normalized spacial score (nSPS) is 10.3. The number of rotatable bonds is 3. The summed E-state index contributed by atoms with van der Waals surface area (Å²) in [6.07, 6.45) is 0.0147. The van der Waals surface area contributed by atoms with Gasteiger partial charge >= 0.3 is 0 Å². The van der Waals surface area contributed by atoms with Gasteiger partial charge in [-0.05, 0) is 48.2 Å². The summed E-state index contributed by atoms with van der Waals surface area (Å²) >= 11 is 0. The molecule has 0 saturated carbocycles. The smallest absolute Gasteiger partial charge is 0.253 e. The van der Waals surface area contributed by atoms with Gasteiger partial charge in [0.2, 0.25) is 0 Å². The van der Waals surface area contributed by atoms with Crippen molar-refractivity contribution < 1.29 is 9.18 Å². The van der Waals surface area contributed by atoms with E-state index in [9.17, 15) is 9.18 Å². The monoisotopic (exact) mass is 299 g/mol. The van der Waals surface area contributed by atoms with Crippen molar-refractivity contribution in [1.82, 2.24) is 0 Å². The molecule has 2 aromatic carbocycles. The van der Waals surface area contributed by atoms with Crippen molar-refractivity contribution >= 4 is 11.9 Å². The van der Waals surface area contributed by atoms with E-state index in [1.54, 1.807) is 6.07 Å². The van der Waals surface area contributed by atoms with Crippen LogP contribution in [0.3, 0.4) is 0 Å². The standard InChI is InChI=1S/C17H18FN3O/c1-10-3-6-14(11(2)7-10)15-9-13(18)5-4-12(15)8-16(22)21-17(19)20/h3-7,9H,8H2,1-2H3,(H4,19,20,21,22). The van der Waals surface area contributed by atoms with Crippen molar-refractivity contribution in [3.63, 3.8) is 0 Å². The zero-order valence-electron chi connectivity index (χ0n) is 12.6. The van der Waals surface area contributed by atoms with Gasteiger partial charge in [0, 0.05) is 0 Å². The molecule has 0 heterocycles. The van der Waals surface area contributed by atoms with Gasteiger partial charge in [-0.2, -0.15) is 4.99 Å². The lowest BCUT2D eigenvalue weighted by molar-refractivity contribution is -0.117. The Morgan fingerprint density at radius 1 is 1.09 bits per heavy atom. The molecule has 0 aliphatic heterocycles. The molecule has 0 saturated heterocycles. The Balaban J connectivity index is 2.48. The Morgan fingerprint density at radius 3 is 2.45 bits per heavy atom. The molecule has 0 radical (unpaired) electrons. The molecule has 114 valence electrons. The molecular weight excluding hydrogens is 281 g/mol. The molecule has 0 unspecified atom stereocenters. The lowest BCUT2D eigenvalue weighted by Gasteiger charge is -2.12. The Kier molecular flexibility index (Phi) is 4.56. The fourth-order valence-electron chi connectivity index (χ4n) is 2.42. The van der Waals surface area contributed by atoms with E-state index in [0.29, 0.717) is 11.1 Å². The Bertz CT molecular complexity index is 750. The first-order valence-corrected chi connectivity index (χ1v) is 6.85. The predicted octanol–water partition coefficient (Wildman–Crippen LogP) is 2.45. The maximum absolute atomic E-state index is 13.6. The Morgan fingerprint density at radius 2 is 1.82 bits per heavy atom. The summed E-state index contributed by atoms with van der Waals surface area (Å²) in [6.45, 7) is 3.94. The summed E-state index contributed by atoms with van der Waals surface area (Å²) in [5, 5.41) is 0. The van der Waals surface area contributed by atoms with Crippen molar-refractivity contribution in [2.75, 3.05) is 0 Å². The highest BCUT2D eigenvalue weighted by Crippen LogP contribution is 2.29. The summed E-state index contributed by atoms with van der Waals surface area (Å²) in [5.41, 5.74) is 14.8. The molecule has 0 aromatic heterocycles. The average Bonchev–Trinajstić information content (AvgIpc) is 2.40. The second-order valence-electron chi connectivity index (χ2n) is 5.23. The molecule has 5 heteroatoms. The van der Waals surface area contributed by atoms with Crippen molar-refractivity contribution in [1.29, 1.82) is 0 Å². The van der Waals surface area contributed by atoms with Crippen LogP contribution < -0.4 is 11.5 Å². The van der Waals surface area contributed by atoms with Crippen LogP contribution in [0.2, 0.25) is 0 Å². The van der Waals surface area contributed by atoms with Crippen molar-refractivity contribution in [3.8, 4) is 11.1 Å². The van der Waals surface area contributed by atoms with E-state index in [1.807, 2.05) is 32.0 Å². The molecule has 0 bridgehead atoms. The van der Waals surface area contributed by atoms with Gasteiger partial charge in [0.15, 0.2) is 5.96 Å². The predicted molar refractivity (Wildman–Crippen MR) is 85.8 cm³/mol. The first-order chi connectivity index (χ1) is 10.4. The van der Waals surface area contributed by atoms with E-state index in [4.69, 9.17) is 11.5 Å². The molecule has 0 aliphatic carbocycles. The number of halogens is 1. The van der Waals surface area contributed by atoms with E-state index >= 15 is 0 Å². The van der Waals surface area contributed by atoms with Crippen molar-refractivity contribution in [2.24, 2.45) is 16.5 Å². The maximum atomic E-state index is 13.6. The molecule has 2 rings (SSSR count). The fourth-order valence-corrected chi connectivity index (χ4v) is 2.42. The molecule has 4 N–H and O–H groups in total. The number of hydrogen-bond donors (Lipinski definition) is 2. The van der Waals surface area contributed by atoms with Gasteiger partial charge < -0.3 is 11.5 Å². The minimum atomic E-state index is -0.461. The topological polar surface area (TPSA) is 81.5 Å². The van der Waals surface area contributed by atoms with Crippen LogP contribution in [-0.2, 0) is 11.2 Å². The third kappa shape index (κ3) is 3.69. The third-order valence-electron chi connectivity index (χ3n) is 3.34. The second kappa shape index (κ2) is 6.39. The van der Waals surface area contributed by atoms with Crippen molar-refractivity contribution in [2.45, 2.75) is 20.3 Å². The number of carbonyl (C=O) groups is 1. The number of guanidine groups is 1. The minimum absolute atomic E-state index is 0.0147. The maximum Gasteiger partial charge on any atom is 0.253 e. The first kappa shape index (κ1) is 15.7. The molecule has 0 atom stereocenters. The Labute approximate surface area is 128 Å². The molecule has 1 amide bonds. The minimum Gasteiger partial charge on any atom is -0.370 e. The van der Waals surface area contributed by atoms with Crippen LogP contribution in [0.1, 0.15) is 16.7 Å². The summed E-state index contributed by atoms with van der Waals surface area (Å²) in [7, 11) is 0. The van der Waals surface area contributed by atoms with Gasteiger partial charge in [-0.1, -0.05) is 29.8 Å². The summed E-state index contributed by atoms with van der Waals surface area (Å²) in [6, 6.07) is 10.2. The van der Waals surface area contributed by atoms with Crippen molar-refractivity contribution in [3.05, 3.63) is 58.9 Å². The van der Waals surface area contributed by atoms with E-state index < -0.39 is 5.91 Å². The zero-order chi connectivity index (χ0) is 16.3. The molecule has 0 aliphatic rings. The second-order valence-corrected chi connectivity index (χ2v) is 5.23. The van der Waals surface area contributed by atoms with Crippen LogP contribution in [0.4, 0.5) is 4.39 Å².